The van der Waals surface area contributed by atoms with E-state index in [2.05, 4.69) is 4.98 Å². The van der Waals surface area contributed by atoms with Gasteiger partial charge in [0, 0.05) is 27.2 Å². The molecule has 0 radical (unpaired) electrons. The number of aryl methyl sites for hydroxylation is 2. The molecule has 0 saturated heterocycles. The maximum Gasteiger partial charge on any atom is 0.338 e. The van der Waals surface area contributed by atoms with E-state index in [1.807, 2.05) is 44.2 Å². The Hall–Kier alpha value is -2.26. The number of ether oxygens (including phenoxy) is 1. The summed E-state index contributed by atoms with van der Waals surface area (Å²) in [5.41, 5.74) is 4.62. The van der Waals surface area contributed by atoms with E-state index >= 15 is 0 Å². The van der Waals surface area contributed by atoms with Gasteiger partial charge in [-0.1, -0.05) is 29.8 Å². The van der Waals surface area contributed by atoms with Gasteiger partial charge in [-0.2, -0.15) is 0 Å². The van der Waals surface area contributed by atoms with Crippen LogP contribution < -0.4 is 0 Å². The number of aromatic amines is 1. The highest BCUT2D eigenvalue weighted by atomic mass is 35.5. The molecule has 22 heavy (non-hydrogen) atoms. The van der Waals surface area contributed by atoms with Crippen LogP contribution in [0.4, 0.5) is 0 Å². The van der Waals surface area contributed by atoms with E-state index in [0.717, 1.165) is 27.7 Å². The van der Waals surface area contributed by atoms with E-state index in [9.17, 15) is 4.79 Å². The van der Waals surface area contributed by atoms with Gasteiger partial charge in [0.15, 0.2) is 0 Å². The molecule has 0 aliphatic rings. The minimum atomic E-state index is -0.347. The molecule has 0 bridgehead atoms. The standard InChI is InChI=1S/C18H16ClNO2/c1-11-12(2)20-17-8-7-13(9-15(11)17)18(21)22-10-14-5-3-4-6-16(14)19/h3-9,20H,10H2,1-2H3. The molecule has 1 aromatic heterocycles. The number of hydrogen-bond donors (Lipinski definition) is 1. The fourth-order valence-corrected chi connectivity index (χ4v) is 2.62. The van der Waals surface area contributed by atoms with Crippen molar-refractivity contribution in [3.63, 3.8) is 0 Å². The molecular formula is C18H16ClNO2. The van der Waals surface area contributed by atoms with Crippen LogP contribution in [0.5, 0.6) is 0 Å². The predicted octanol–water partition coefficient (Wildman–Crippen LogP) is 4.80. The first kappa shape index (κ1) is 14.7. The molecule has 1 N–H and O–H groups in total. The number of carbonyl (C=O) groups is 1. The molecule has 0 spiro atoms. The Morgan fingerprint density at radius 1 is 1.18 bits per heavy atom. The van der Waals surface area contributed by atoms with Crippen molar-refractivity contribution in [2.24, 2.45) is 0 Å². The quantitative estimate of drug-likeness (QED) is 0.706. The molecule has 4 heteroatoms. The van der Waals surface area contributed by atoms with Crippen LogP contribution in [0.3, 0.4) is 0 Å². The van der Waals surface area contributed by atoms with Crippen molar-refractivity contribution in [3.05, 3.63) is 69.9 Å². The molecule has 112 valence electrons. The molecule has 0 aliphatic heterocycles. The highest BCUT2D eigenvalue weighted by Gasteiger charge is 2.12. The van der Waals surface area contributed by atoms with Crippen LogP contribution in [-0.2, 0) is 11.3 Å². The molecule has 3 rings (SSSR count). The largest absolute Gasteiger partial charge is 0.457 e. The Kier molecular flexibility index (Phi) is 3.90. The number of aromatic nitrogens is 1. The molecule has 0 aliphatic carbocycles. The summed E-state index contributed by atoms with van der Waals surface area (Å²) < 4.78 is 5.36. The van der Waals surface area contributed by atoms with Crippen LogP contribution in [-0.4, -0.2) is 11.0 Å². The summed E-state index contributed by atoms with van der Waals surface area (Å²) in [6.07, 6.45) is 0. The summed E-state index contributed by atoms with van der Waals surface area (Å²) in [5, 5.41) is 1.65. The van der Waals surface area contributed by atoms with Crippen LogP contribution in [0.2, 0.25) is 5.02 Å². The number of rotatable bonds is 3. The van der Waals surface area contributed by atoms with E-state index in [1.165, 1.54) is 0 Å². The third-order valence-electron chi connectivity index (χ3n) is 3.86. The minimum absolute atomic E-state index is 0.168. The first-order chi connectivity index (χ1) is 10.6. The maximum atomic E-state index is 12.2. The normalized spacial score (nSPS) is 10.9. The van der Waals surface area contributed by atoms with Crippen molar-refractivity contribution < 1.29 is 9.53 Å². The first-order valence-electron chi connectivity index (χ1n) is 7.05. The van der Waals surface area contributed by atoms with Crippen molar-refractivity contribution in [1.29, 1.82) is 0 Å². The molecule has 3 aromatic rings. The van der Waals surface area contributed by atoms with Gasteiger partial charge in [0.2, 0.25) is 0 Å². The molecule has 2 aromatic carbocycles. The van der Waals surface area contributed by atoms with Crippen LogP contribution in [0.1, 0.15) is 27.2 Å². The van der Waals surface area contributed by atoms with E-state index in [1.54, 1.807) is 12.1 Å². The molecule has 3 nitrogen and oxygen atoms in total. The van der Waals surface area contributed by atoms with Crippen molar-refractivity contribution in [1.82, 2.24) is 4.98 Å². The lowest BCUT2D eigenvalue weighted by Crippen LogP contribution is -2.05. The van der Waals surface area contributed by atoms with Crippen LogP contribution >= 0.6 is 11.6 Å². The third-order valence-corrected chi connectivity index (χ3v) is 4.23. The SMILES string of the molecule is Cc1[nH]c2ccc(C(=O)OCc3ccccc3Cl)cc2c1C. The fraction of sp³-hybridized carbons (Fsp3) is 0.167. The van der Waals surface area contributed by atoms with Gasteiger partial charge in [-0.3, -0.25) is 0 Å². The molecular weight excluding hydrogens is 298 g/mol. The lowest BCUT2D eigenvalue weighted by molar-refractivity contribution is 0.0473. The number of carbonyl (C=O) groups excluding carboxylic acids is 1. The van der Waals surface area contributed by atoms with Crippen LogP contribution in [0.15, 0.2) is 42.5 Å². The number of H-pyrrole nitrogens is 1. The monoisotopic (exact) mass is 313 g/mol. The number of esters is 1. The van der Waals surface area contributed by atoms with Gasteiger partial charge in [-0.05, 0) is 43.7 Å². The second kappa shape index (κ2) is 5.85. The number of nitrogens with one attached hydrogen (secondary N) is 1. The van der Waals surface area contributed by atoms with Gasteiger partial charge in [-0.15, -0.1) is 0 Å². The van der Waals surface area contributed by atoms with Gasteiger partial charge in [-0.25, -0.2) is 4.79 Å². The Balaban J connectivity index is 1.80. The average molecular weight is 314 g/mol. The highest BCUT2D eigenvalue weighted by molar-refractivity contribution is 6.31. The van der Waals surface area contributed by atoms with Gasteiger partial charge >= 0.3 is 5.97 Å². The molecule has 1 heterocycles. The molecule has 0 amide bonds. The Morgan fingerprint density at radius 2 is 1.95 bits per heavy atom. The first-order valence-corrected chi connectivity index (χ1v) is 7.43. The third kappa shape index (κ3) is 2.72. The van der Waals surface area contributed by atoms with Crippen LogP contribution in [0.25, 0.3) is 10.9 Å². The minimum Gasteiger partial charge on any atom is -0.457 e. The number of halogens is 1. The van der Waals surface area contributed by atoms with Gasteiger partial charge in [0.25, 0.3) is 0 Å². The Labute approximate surface area is 133 Å². The van der Waals surface area contributed by atoms with E-state index < -0.39 is 0 Å². The van der Waals surface area contributed by atoms with E-state index in [4.69, 9.17) is 16.3 Å². The smallest absolute Gasteiger partial charge is 0.338 e. The zero-order chi connectivity index (χ0) is 15.7. The summed E-state index contributed by atoms with van der Waals surface area (Å²) in [7, 11) is 0. The number of fused-ring (bicyclic) bond motifs is 1. The Bertz CT molecular complexity index is 851. The van der Waals surface area contributed by atoms with Crippen molar-refractivity contribution in [3.8, 4) is 0 Å². The Morgan fingerprint density at radius 3 is 2.73 bits per heavy atom. The van der Waals surface area contributed by atoms with Crippen molar-refractivity contribution >= 4 is 28.5 Å². The zero-order valence-electron chi connectivity index (χ0n) is 12.4. The maximum absolute atomic E-state index is 12.2. The van der Waals surface area contributed by atoms with E-state index in [0.29, 0.717) is 10.6 Å². The van der Waals surface area contributed by atoms with Gasteiger partial charge < -0.3 is 9.72 Å². The number of benzene rings is 2. The molecule has 0 unspecified atom stereocenters. The summed E-state index contributed by atoms with van der Waals surface area (Å²) in [5.74, 6) is -0.347. The second-order valence-corrected chi connectivity index (χ2v) is 5.71. The summed E-state index contributed by atoms with van der Waals surface area (Å²) in [4.78, 5) is 15.5. The van der Waals surface area contributed by atoms with Crippen molar-refractivity contribution in [2.75, 3.05) is 0 Å². The van der Waals surface area contributed by atoms with Crippen molar-refractivity contribution in [2.45, 2.75) is 20.5 Å². The summed E-state index contributed by atoms with van der Waals surface area (Å²) in [6, 6.07) is 12.9. The lowest BCUT2D eigenvalue weighted by Gasteiger charge is -2.06. The molecule has 0 atom stereocenters. The molecule has 0 fully saturated rings. The predicted molar refractivity (Wildman–Crippen MR) is 88.3 cm³/mol. The summed E-state index contributed by atoms with van der Waals surface area (Å²) >= 11 is 6.06. The second-order valence-electron chi connectivity index (χ2n) is 5.30. The molecule has 0 saturated carbocycles. The van der Waals surface area contributed by atoms with E-state index in [-0.39, 0.29) is 12.6 Å². The topological polar surface area (TPSA) is 42.1 Å². The highest BCUT2D eigenvalue weighted by Crippen LogP contribution is 2.23. The zero-order valence-corrected chi connectivity index (χ0v) is 13.2. The number of hydrogen-bond acceptors (Lipinski definition) is 2. The van der Waals surface area contributed by atoms with Gasteiger partial charge in [0.1, 0.15) is 6.61 Å². The fourth-order valence-electron chi connectivity index (χ4n) is 2.43. The average Bonchev–Trinajstić information content (AvgIpc) is 2.81. The summed E-state index contributed by atoms with van der Waals surface area (Å²) in [6.45, 7) is 4.22. The lowest BCUT2D eigenvalue weighted by atomic mass is 10.1. The van der Waals surface area contributed by atoms with Crippen LogP contribution in [0, 0.1) is 13.8 Å². The van der Waals surface area contributed by atoms with Gasteiger partial charge in [0.05, 0.1) is 5.56 Å².